The maximum atomic E-state index is 13.2. The first-order chi connectivity index (χ1) is 14.4. The van der Waals surface area contributed by atoms with E-state index in [1.807, 2.05) is 0 Å². The normalized spacial score (nSPS) is 11.4. The summed E-state index contributed by atoms with van der Waals surface area (Å²) < 4.78 is 29.6. The molecule has 152 valence electrons. The molecule has 0 unspecified atom stereocenters. The zero-order valence-corrected chi connectivity index (χ0v) is 16.8. The molecule has 0 aliphatic heterocycles. The number of sulfonamides is 1. The maximum Gasteiger partial charge on any atom is 0.267 e. The quantitative estimate of drug-likeness (QED) is 0.511. The average molecular weight is 422 g/mol. The summed E-state index contributed by atoms with van der Waals surface area (Å²) in [6.45, 7) is 0. The summed E-state index contributed by atoms with van der Waals surface area (Å²) in [6.07, 6.45) is 0. The van der Waals surface area contributed by atoms with Gasteiger partial charge in [0, 0.05) is 5.69 Å². The Morgan fingerprint density at radius 1 is 0.967 bits per heavy atom. The summed E-state index contributed by atoms with van der Waals surface area (Å²) in [5.74, 6) is 0.945. The molecular weight excluding hydrogens is 404 g/mol. The highest BCUT2D eigenvalue weighted by Gasteiger charge is 2.14. The number of aromatic nitrogens is 2. The van der Waals surface area contributed by atoms with Crippen molar-refractivity contribution in [2.24, 2.45) is 5.14 Å². The smallest absolute Gasteiger partial charge is 0.267 e. The number of anilines is 2. The number of para-hydroxylation sites is 1. The van der Waals surface area contributed by atoms with Crippen LogP contribution in [-0.2, 0) is 10.0 Å². The summed E-state index contributed by atoms with van der Waals surface area (Å²) in [6, 6.07) is 19.9. The number of nitrogens with two attached hydrogens (primary N) is 1. The van der Waals surface area contributed by atoms with Crippen LogP contribution in [0.3, 0.4) is 0 Å². The van der Waals surface area contributed by atoms with Crippen molar-refractivity contribution in [1.29, 1.82) is 0 Å². The van der Waals surface area contributed by atoms with E-state index in [0.717, 1.165) is 0 Å². The Balaban J connectivity index is 1.86. The molecule has 0 bridgehead atoms. The van der Waals surface area contributed by atoms with Gasteiger partial charge in [-0.3, -0.25) is 4.79 Å². The van der Waals surface area contributed by atoms with E-state index in [0.29, 0.717) is 28.0 Å². The summed E-state index contributed by atoms with van der Waals surface area (Å²) in [5.41, 5.74) is 1.44. The van der Waals surface area contributed by atoms with Crippen LogP contribution in [0, 0.1) is 0 Å². The number of fused-ring (bicyclic) bond motifs is 1. The number of benzene rings is 3. The Morgan fingerprint density at radius 2 is 1.63 bits per heavy atom. The molecule has 0 saturated heterocycles. The van der Waals surface area contributed by atoms with Crippen LogP contribution < -0.4 is 20.8 Å². The van der Waals surface area contributed by atoms with Crippen molar-refractivity contribution in [3.8, 4) is 11.4 Å². The van der Waals surface area contributed by atoms with E-state index < -0.39 is 10.0 Å². The van der Waals surface area contributed by atoms with Crippen LogP contribution in [0.5, 0.6) is 5.75 Å². The molecule has 1 heterocycles. The van der Waals surface area contributed by atoms with Crippen molar-refractivity contribution in [3.63, 3.8) is 0 Å². The number of nitrogens with one attached hydrogen (secondary N) is 1. The molecule has 30 heavy (non-hydrogen) atoms. The molecule has 0 amide bonds. The molecule has 1 aromatic heterocycles. The number of rotatable bonds is 5. The first-order valence-electron chi connectivity index (χ1n) is 8.93. The zero-order valence-electron chi connectivity index (χ0n) is 15.9. The van der Waals surface area contributed by atoms with E-state index in [1.165, 1.54) is 16.7 Å². The van der Waals surface area contributed by atoms with Crippen molar-refractivity contribution in [2.75, 3.05) is 12.4 Å². The molecule has 3 N–H and O–H groups in total. The topological polar surface area (TPSA) is 116 Å². The SMILES string of the molecule is COc1ccc(-n2c(Nc3ccc(S(N)(=O)=O)cc3)nc3ccccc3c2=O)cc1. The van der Waals surface area contributed by atoms with E-state index in [1.54, 1.807) is 67.8 Å². The van der Waals surface area contributed by atoms with E-state index in [-0.39, 0.29) is 16.4 Å². The number of primary sulfonamides is 1. The first-order valence-corrected chi connectivity index (χ1v) is 10.5. The summed E-state index contributed by atoms with van der Waals surface area (Å²) >= 11 is 0. The second kappa shape index (κ2) is 7.62. The van der Waals surface area contributed by atoms with Gasteiger partial charge in [0.05, 0.1) is 28.6 Å². The molecule has 0 radical (unpaired) electrons. The minimum Gasteiger partial charge on any atom is -0.497 e. The van der Waals surface area contributed by atoms with Gasteiger partial charge in [-0.15, -0.1) is 0 Å². The second-order valence-electron chi connectivity index (χ2n) is 6.49. The van der Waals surface area contributed by atoms with E-state index in [4.69, 9.17) is 9.88 Å². The number of ether oxygens (including phenoxy) is 1. The average Bonchev–Trinajstić information content (AvgIpc) is 2.74. The highest BCUT2D eigenvalue weighted by molar-refractivity contribution is 7.89. The third-order valence-electron chi connectivity index (χ3n) is 4.55. The van der Waals surface area contributed by atoms with Crippen LogP contribution in [0.4, 0.5) is 11.6 Å². The molecule has 4 aromatic rings. The highest BCUT2D eigenvalue weighted by atomic mass is 32.2. The minimum absolute atomic E-state index is 0.00735. The van der Waals surface area contributed by atoms with Gasteiger partial charge in [-0.05, 0) is 60.7 Å². The van der Waals surface area contributed by atoms with Crippen molar-refractivity contribution in [1.82, 2.24) is 9.55 Å². The largest absolute Gasteiger partial charge is 0.497 e. The lowest BCUT2D eigenvalue weighted by atomic mass is 10.2. The molecule has 4 rings (SSSR count). The molecule has 0 spiro atoms. The van der Waals surface area contributed by atoms with Crippen LogP contribution in [0.2, 0.25) is 0 Å². The Morgan fingerprint density at radius 3 is 2.27 bits per heavy atom. The predicted molar refractivity (Wildman–Crippen MR) is 115 cm³/mol. The van der Waals surface area contributed by atoms with E-state index in [9.17, 15) is 13.2 Å². The summed E-state index contributed by atoms with van der Waals surface area (Å²) in [4.78, 5) is 17.8. The second-order valence-corrected chi connectivity index (χ2v) is 8.05. The summed E-state index contributed by atoms with van der Waals surface area (Å²) in [5, 5.41) is 8.72. The van der Waals surface area contributed by atoms with E-state index >= 15 is 0 Å². The minimum atomic E-state index is -3.80. The Kier molecular flexibility index (Phi) is 4.98. The van der Waals surface area contributed by atoms with Gasteiger partial charge < -0.3 is 10.1 Å². The molecular formula is C21H18N4O4S. The van der Waals surface area contributed by atoms with Crippen molar-refractivity contribution in [2.45, 2.75) is 4.90 Å². The third-order valence-corrected chi connectivity index (χ3v) is 5.47. The monoisotopic (exact) mass is 422 g/mol. The highest BCUT2D eigenvalue weighted by Crippen LogP contribution is 2.22. The molecule has 8 nitrogen and oxygen atoms in total. The summed E-state index contributed by atoms with van der Waals surface area (Å²) in [7, 11) is -2.23. The van der Waals surface area contributed by atoms with Gasteiger partial charge >= 0.3 is 0 Å². The number of nitrogens with zero attached hydrogens (tertiary/aromatic N) is 2. The zero-order chi connectivity index (χ0) is 21.3. The molecule has 0 aliphatic rings. The van der Waals surface area contributed by atoms with E-state index in [2.05, 4.69) is 10.3 Å². The molecule has 0 fully saturated rings. The Hall–Kier alpha value is -3.69. The fourth-order valence-corrected chi connectivity index (χ4v) is 3.56. The van der Waals surface area contributed by atoms with Crippen molar-refractivity contribution >= 4 is 32.6 Å². The van der Waals surface area contributed by atoms with Gasteiger partial charge in [-0.1, -0.05) is 12.1 Å². The number of hydrogen-bond donors (Lipinski definition) is 2. The first kappa shape index (κ1) is 19.6. The lowest BCUT2D eigenvalue weighted by molar-refractivity contribution is 0.414. The Labute approximate surface area is 172 Å². The molecule has 3 aromatic carbocycles. The third kappa shape index (κ3) is 3.76. The van der Waals surface area contributed by atoms with Gasteiger partial charge in [-0.2, -0.15) is 0 Å². The van der Waals surface area contributed by atoms with Gasteiger partial charge in [0.25, 0.3) is 5.56 Å². The predicted octanol–water partition coefficient (Wildman–Crippen LogP) is 2.79. The molecule has 0 aliphatic carbocycles. The molecule has 9 heteroatoms. The van der Waals surface area contributed by atoms with Crippen molar-refractivity contribution in [3.05, 3.63) is 83.2 Å². The maximum absolute atomic E-state index is 13.2. The van der Waals surface area contributed by atoms with Crippen LogP contribution >= 0.6 is 0 Å². The van der Waals surface area contributed by atoms with Crippen LogP contribution in [-0.4, -0.2) is 25.1 Å². The lowest BCUT2D eigenvalue weighted by Crippen LogP contribution is -2.22. The van der Waals surface area contributed by atoms with Gasteiger partial charge in [-0.25, -0.2) is 23.1 Å². The molecule has 0 saturated carbocycles. The van der Waals surface area contributed by atoms with Gasteiger partial charge in [0.2, 0.25) is 16.0 Å². The number of hydrogen-bond acceptors (Lipinski definition) is 6. The molecule has 0 atom stereocenters. The van der Waals surface area contributed by atoms with Gasteiger partial charge in [0.15, 0.2) is 0 Å². The van der Waals surface area contributed by atoms with Crippen LogP contribution in [0.1, 0.15) is 0 Å². The van der Waals surface area contributed by atoms with Crippen LogP contribution in [0.25, 0.3) is 16.6 Å². The Bertz CT molecular complexity index is 1380. The fourth-order valence-electron chi connectivity index (χ4n) is 3.04. The van der Waals surface area contributed by atoms with Gasteiger partial charge in [0.1, 0.15) is 5.75 Å². The number of methoxy groups -OCH3 is 1. The van der Waals surface area contributed by atoms with Crippen molar-refractivity contribution < 1.29 is 13.2 Å². The standard InChI is InChI=1S/C21H18N4O4S/c1-29-16-10-8-15(9-11-16)25-20(26)18-4-2-3-5-19(18)24-21(25)23-14-6-12-17(13-7-14)30(22,27)28/h2-13H,1H3,(H,23,24)(H2,22,27,28). The lowest BCUT2D eigenvalue weighted by Gasteiger charge is -2.15. The fraction of sp³-hybridized carbons (Fsp3) is 0.0476. The van der Waals surface area contributed by atoms with Crippen LogP contribution in [0.15, 0.2) is 82.5 Å².